The Bertz CT molecular complexity index is 606. The van der Waals surface area contributed by atoms with Crippen molar-refractivity contribution in [2.75, 3.05) is 5.32 Å². The van der Waals surface area contributed by atoms with Crippen molar-refractivity contribution < 1.29 is 4.79 Å². The van der Waals surface area contributed by atoms with E-state index in [1.807, 2.05) is 34.6 Å². The maximum Gasteiger partial charge on any atom is 0.258 e. The molecule has 5 nitrogen and oxygen atoms in total. The second-order valence-electron chi connectivity index (χ2n) is 4.73. The molecule has 6 heteroatoms. The lowest BCUT2D eigenvalue weighted by Crippen LogP contribution is -2.15. The van der Waals surface area contributed by atoms with Gasteiger partial charge in [0.15, 0.2) is 5.15 Å². The van der Waals surface area contributed by atoms with Gasteiger partial charge in [-0.3, -0.25) is 4.79 Å². The van der Waals surface area contributed by atoms with Crippen LogP contribution in [-0.2, 0) is 0 Å². The standard InChI is InChI=1S/C14H15ClN4O.C2H6/c1-8(2)13-17-6-10(7-18-13)14(20)19-11-9(3)4-5-16-12(11)15;1-2/h4-8H,1-3H3,(H,19,20);1-2H3. The van der Waals surface area contributed by atoms with E-state index in [0.29, 0.717) is 17.1 Å². The Kier molecular flexibility index (Phi) is 6.92. The third-order valence-corrected chi connectivity index (χ3v) is 3.09. The van der Waals surface area contributed by atoms with E-state index in [1.165, 1.54) is 12.4 Å². The largest absolute Gasteiger partial charge is 0.319 e. The summed E-state index contributed by atoms with van der Waals surface area (Å²) in [5.41, 5.74) is 1.74. The Morgan fingerprint density at radius 3 is 2.27 bits per heavy atom. The molecule has 1 N–H and O–H groups in total. The summed E-state index contributed by atoms with van der Waals surface area (Å²) in [6, 6.07) is 1.78. The highest BCUT2D eigenvalue weighted by Crippen LogP contribution is 2.23. The van der Waals surface area contributed by atoms with E-state index in [9.17, 15) is 4.79 Å². The van der Waals surface area contributed by atoms with Gasteiger partial charge in [-0.25, -0.2) is 15.0 Å². The Balaban J connectivity index is 0.00000116. The van der Waals surface area contributed by atoms with Gasteiger partial charge in [-0.15, -0.1) is 0 Å². The highest BCUT2D eigenvalue weighted by Gasteiger charge is 2.12. The molecule has 2 heterocycles. The van der Waals surface area contributed by atoms with E-state index in [2.05, 4.69) is 20.3 Å². The van der Waals surface area contributed by atoms with Crippen LogP contribution in [0.3, 0.4) is 0 Å². The topological polar surface area (TPSA) is 67.8 Å². The molecule has 2 aromatic heterocycles. The smallest absolute Gasteiger partial charge is 0.258 e. The summed E-state index contributed by atoms with van der Waals surface area (Å²) in [4.78, 5) is 24.4. The van der Waals surface area contributed by atoms with Gasteiger partial charge in [0.05, 0.1) is 11.3 Å². The van der Waals surface area contributed by atoms with Gasteiger partial charge in [-0.2, -0.15) is 0 Å². The molecule has 1 amide bonds. The van der Waals surface area contributed by atoms with Gasteiger partial charge in [-0.1, -0.05) is 39.3 Å². The number of carbonyl (C=O) groups excluding carboxylic acids is 1. The van der Waals surface area contributed by atoms with Gasteiger partial charge >= 0.3 is 0 Å². The van der Waals surface area contributed by atoms with Crippen LogP contribution in [0.15, 0.2) is 24.7 Å². The third kappa shape index (κ3) is 4.49. The van der Waals surface area contributed by atoms with Crippen LogP contribution in [0, 0.1) is 6.92 Å². The van der Waals surface area contributed by atoms with Crippen LogP contribution in [-0.4, -0.2) is 20.9 Å². The first-order valence-corrected chi connectivity index (χ1v) is 7.61. The highest BCUT2D eigenvalue weighted by molar-refractivity contribution is 6.32. The minimum Gasteiger partial charge on any atom is -0.319 e. The number of aryl methyl sites for hydroxylation is 1. The quantitative estimate of drug-likeness (QED) is 0.859. The second kappa shape index (κ2) is 8.44. The summed E-state index contributed by atoms with van der Waals surface area (Å²) in [7, 11) is 0. The first kappa shape index (κ1) is 18.0. The van der Waals surface area contributed by atoms with Crippen LogP contribution in [0.4, 0.5) is 5.69 Å². The van der Waals surface area contributed by atoms with Crippen LogP contribution in [0.2, 0.25) is 5.15 Å². The van der Waals surface area contributed by atoms with Crippen molar-refractivity contribution in [2.45, 2.75) is 40.5 Å². The zero-order valence-electron chi connectivity index (χ0n) is 13.5. The fourth-order valence-electron chi connectivity index (χ4n) is 1.61. The number of hydrogen-bond donors (Lipinski definition) is 1. The Hall–Kier alpha value is -2.01. The molecule has 0 aliphatic heterocycles. The van der Waals surface area contributed by atoms with E-state index in [0.717, 1.165) is 5.56 Å². The molecule has 0 fully saturated rings. The summed E-state index contributed by atoms with van der Waals surface area (Å²) < 4.78 is 0. The molecule has 0 saturated carbocycles. The van der Waals surface area contributed by atoms with Gasteiger partial charge < -0.3 is 5.32 Å². The number of aromatic nitrogens is 3. The molecular weight excluding hydrogens is 300 g/mol. The van der Waals surface area contributed by atoms with Crippen LogP contribution < -0.4 is 5.32 Å². The van der Waals surface area contributed by atoms with Crippen molar-refractivity contribution in [2.24, 2.45) is 0 Å². The predicted molar refractivity (Wildman–Crippen MR) is 89.4 cm³/mol. The SMILES string of the molecule is CC.Cc1ccnc(Cl)c1NC(=O)c1cnc(C(C)C)nc1. The predicted octanol–water partition coefficient (Wildman–Crippen LogP) is 4.24. The van der Waals surface area contributed by atoms with E-state index in [-0.39, 0.29) is 17.0 Å². The number of amides is 1. The first-order chi connectivity index (χ1) is 10.5. The number of nitrogens with zero attached hydrogens (tertiary/aromatic N) is 3. The number of halogens is 1. The third-order valence-electron chi connectivity index (χ3n) is 2.80. The van der Waals surface area contributed by atoms with Gasteiger partial charge in [0.2, 0.25) is 0 Å². The molecule has 0 aliphatic carbocycles. The lowest BCUT2D eigenvalue weighted by atomic mass is 10.2. The average Bonchev–Trinajstić information content (AvgIpc) is 2.53. The van der Waals surface area contributed by atoms with Crippen molar-refractivity contribution >= 4 is 23.2 Å². The van der Waals surface area contributed by atoms with E-state index < -0.39 is 0 Å². The molecule has 22 heavy (non-hydrogen) atoms. The summed E-state index contributed by atoms with van der Waals surface area (Å²) >= 11 is 5.97. The zero-order valence-corrected chi connectivity index (χ0v) is 14.3. The number of carbonyl (C=O) groups is 1. The van der Waals surface area contributed by atoms with Crippen LogP contribution in [0.5, 0.6) is 0 Å². The van der Waals surface area contributed by atoms with E-state index in [4.69, 9.17) is 11.6 Å². The fourth-order valence-corrected chi connectivity index (χ4v) is 1.87. The van der Waals surface area contributed by atoms with Crippen molar-refractivity contribution in [3.05, 3.63) is 46.8 Å². The summed E-state index contributed by atoms with van der Waals surface area (Å²) in [6.45, 7) is 9.84. The Morgan fingerprint density at radius 2 is 1.77 bits per heavy atom. The molecule has 2 rings (SSSR count). The van der Waals surface area contributed by atoms with Crippen molar-refractivity contribution in [3.63, 3.8) is 0 Å². The molecule has 0 aromatic carbocycles. The number of nitrogens with one attached hydrogen (secondary N) is 1. The molecule has 0 radical (unpaired) electrons. The minimum absolute atomic E-state index is 0.224. The maximum atomic E-state index is 12.1. The summed E-state index contributed by atoms with van der Waals surface area (Å²) in [5.74, 6) is 0.623. The lowest BCUT2D eigenvalue weighted by Gasteiger charge is -2.09. The van der Waals surface area contributed by atoms with Crippen molar-refractivity contribution in [1.29, 1.82) is 0 Å². The molecule has 0 spiro atoms. The van der Waals surface area contributed by atoms with Gasteiger partial charge in [0.1, 0.15) is 5.82 Å². The molecule has 2 aromatic rings. The van der Waals surface area contributed by atoms with Crippen LogP contribution >= 0.6 is 11.6 Å². The van der Waals surface area contributed by atoms with Gasteiger partial charge in [-0.05, 0) is 18.6 Å². The van der Waals surface area contributed by atoms with Gasteiger partial charge in [0, 0.05) is 24.5 Å². The molecule has 0 bridgehead atoms. The molecule has 0 atom stereocenters. The lowest BCUT2D eigenvalue weighted by molar-refractivity contribution is 0.102. The van der Waals surface area contributed by atoms with Crippen LogP contribution in [0.25, 0.3) is 0 Å². The van der Waals surface area contributed by atoms with Crippen molar-refractivity contribution in [3.8, 4) is 0 Å². The maximum absolute atomic E-state index is 12.1. The van der Waals surface area contributed by atoms with E-state index >= 15 is 0 Å². The number of rotatable bonds is 3. The normalized spacial score (nSPS) is 9.95. The molecule has 0 unspecified atom stereocenters. The highest BCUT2D eigenvalue weighted by atomic mass is 35.5. The minimum atomic E-state index is -0.307. The average molecular weight is 321 g/mol. The first-order valence-electron chi connectivity index (χ1n) is 7.23. The van der Waals surface area contributed by atoms with Gasteiger partial charge in [0.25, 0.3) is 5.91 Å². The molecular formula is C16H21ClN4O. The number of hydrogen-bond acceptors (Lipinski definition) is 4. The number of anilines is 1. The van der Waals surface area contributed by atoms with Crippen LogP contribution in [0.1, 0.15) is 55.4 Å². The second-order valence-corrected chi connectivity index (χ2v) is 5.09. The number of pyridine rings is 1. The Morgan fingerprint density at radius 1 is 1.18 bits per heavy atom. The zero-order chi connectivity index (χ0) is 16.7. The Labute approximate surface area is 136 Å². The molecule has 0 saturated heterocycles. The molecule has 118 valence electrons. The summed E-state index contributed by atoms with van der Waals surface area (Å²) in [5, 5.41) is 2.99. The summed E-state index contributed by atoms with van der Waals surface area (Å²) in [6.07, 6.45) is 4.61. The fraction of sp³-hybridized carbons (Fsp3) is 0.375. The molecule has 0 aliphatic rings. The van der Waals surface area contributed by atoms with Crippen molar-refractivity contribution in [1.82, 2.24) is 15.0 Å². The monoisotopic (exact) mass is 320 g/mol. The van der Waals surface area contributed by atoms with E-state index in [1.54, 1.807) is 12.3 Å².